The molecule has 0 aromatic heterocycles. The Kier molecular flexibility index (Phi) is 4.28. The minimum Gasteiger partial charge on any atom is -0.341 e. The van der Waals surface area contributed by atoms with Gasteiger partial charge in [0.25, 0.3) is 0 Å². The minimum atomic E-state index is 0.384. The molecule has 0 amide bonds. The Morgan fingerprint density at radius 2 is 0.810 bits per heavy atom. The highest BCUT2D eigenvalue weighted by Gasteiger charge is 2.48. The van der Waals surface area contributed by atoms with Crippen molar-refractivity contribution in [3.63, 3.8) is 0 Å². The second kappa shape index (κ2) is 5.21. The van der Waals surface area contributed by atoms with Gasteiger partial charge in [0.1, 0.15) is 0 Å². The molecule has 6 N–H and O–H groups in total. The molecule has 0 aliphatic carbocycles. The van der Waals surface area contributed by atoms with E-state index in [4.69, 9.17) is 0 Å². The van der Waals surface area contributed by atoms with Gasteiger partial charge in [-0.15, -0.1) is 0 Å². The van der Waals surface area contributed by atoms with E-state index in [2.05, 4.69) is 71.3 Å². The van der Waals surface area contributed by atoms with Gasteiger partial charge in [-0.05, 0) is 55.4 Å². The van der Waals surface area contributed by atoms with Gasteiger partial charge in [0.15, 0.2) is 0 Å². The summed E-state index contributed by atoms with van der Waals surface area (Å²) in [4.78, 5) is 0. The van der Waals surface area contributed by atoms with E-state index in [0.717, 1.165) is 12.1 Å². The lowest BCUT2D eigenvalue weighted by Crippen LogP contribution is -3.13. The summed E-state index contributed by atoms with van der Waals surface area (Å²) >= 11 is 0. The summed E-state index contributed by atoms with van der Waals surface area (Å²) in [7, 11) is 0. The zero-order chi connectivity index (χ0) is 16.1. The van der Waals surface area contributed by atoms with Crippen molar-refractivity contribution in [2.45, 2.75) is 115 Å². The SMILES string of the molecule is CC1(C)CC([NH2+]C2CC(C)(C)[NH2+]C(C)(C)C2)CC(C)(C)[NH2+]1. The maximum Gasteiger partial charge on any atom is 0.0981 e. The normalized spacial score (nSPS) is 32.0. The molecule has 3 heteroatoms. The first-order chi connectivity index (χ1) is 9.28. The molecule has 0 spiro atoms. The molecule has 2 saturated heterocycles. The number of nitrogens with two attached hydrogens (primary N) is 3. The van der Waals surface area contributed by atoms with Crippen LogP contribution in [0.15, 0.2) is 0 Å². The maximum absolute atomic E-state index is 2.74. The summed E-state index contributed by atoms with van der Waals surface area (Å²) in [5.74, 6) is 0. The number of rotatable bonds is 2. The molecule has 2 fully saturated rings. The quantitative estimate of drug-likeness (QED) is 0.648. The van der Waals surface area contributed by atoms with E-state index in [1.54, 1.807) is 0 Å². The van der Waals surface area contributed by atoms with Gasteiger partial charge in [0.05, 0.1) is 59.9 Å². The summed E-state index contributed by atoms with van der Waals surface area (Å²) in [6, 6.07) is 1.57. The molecule has 2 heterocycles. The first-order valence-electron chi connectivity index (χ1n) is 8.87. The minimum absolute atomic E-state index is 0.384. The molecule has 2 rings (SSSR count). The Hall–Kier alpha value is -0.120. The van der Waals surface area contributed by atoms with E-state index in [9.17, 15) is 0 Å². The maximum atomic E-state index is 2.74. The van der Waals surface area contributed by atoms with Crippen molar-refractivity contribution in [3.05, 3.63) is 0 Å². The van der Waals surface area contributed by atoms with Crippen molar-refractivity contribution >= 4 is 0 Å². The van der Waals surface area contributed by atoms with Crippen LogP contribution < -0.4 is 16.0 Å². The van der Waals surface area contributed by atoms with E-state index < -0.39 is 0 Å². The predicted octanol–water partition coefficient (Wildman–Crippen LogP) is 0.116. The van der Waals surface area contributed by atoms with E-state index in [1.807, 2.05) is 0 Å². The van der Waals surface area contributed by atoms with Crippen molar-refractivity contribution in [2.24, 2.45) is 0 Å². The third-order valence-electron chi connectivity index (χ3n) is 5.26. The Morgan fingerprint density at radius 3 is 1.05 bits per heavy atom. The fourth-order valence-corrected chi connectivity index (χ4v) is 5.86. The highest BCUT2D eigenvalue weighted by Crippen LogP contribution is 2.23. The zero-order valence-electron chi connectivity index (χ0n) is 15.7. The summed E-state index contributed by atoms with van der Waals surface area (Å²) in [6.07, 6.45) is 5.32. The van der Waals surface area contributed by atoms with Crippen molar-refractivity contribution in [2.75, 3.05) is 0 Å². The Labute approximate surface area is 132 Å². The summed E-state index contributed by atoms with van der Waals surface area (Å²) in [6.45, 7) is 19.3. The van der Waals surface area contributed by atoms with E-state index in [1.165, 1.54) is 25.7 Å². The molecule has 0 aromatic carbocycles. The van der Waals surface area contributed by atoms with Gasteiger partial charge < -0.3 is 16.0 Å². The van der Waals surface area contributed by atoms with Crippen LogP contribution in [0.5, 0.6) is 0 Å². The van der Waals surface area contributed by atoms with Gasteiger partial charge >= 0.3 is 0 Å². The third-order valence-corrected chi connectivity index (χ3v) is 5.26. The van der Waals surface area contributed by atoms with Crippen molar-refractivity contribution < 1.29 is 16.0 Å². The monoisotopic (exact) mass is 298 g/mol. The molecule has 21 heavy (non-hydrogen) atoms. The number of piperidine rings is 2. The van der Waals surface area contributed by atoms with Gasteiger partial charge in [-0.25, -0.2) is 0 Å². The van der Waals surface area contributed by atoms with Gasteiger partial charge in [-0.3, -0.25) is 0 Å². The van der Waals surface area contributed by atoms with Gasteiger partial charge in [-0.2, -0.15) is 0 Å². The van der Waals surface area contributed by atoms with Crippen molar-refractivity contribution in [3.8, 4) is 0 Å². The third kappa shape index (κ3) is 4.94. The Balaban J connectivity index is 2.03. The lowest BCUT2D eigenvalue weighted by molar-refractivity contribution is -0.839. The fraction of sp³-hybridized carbons (Fsp3) is 1.00. The van der Waals surface area contributed by atoms with Crippen molar-refractivity contribution in [1.82, 2.24) is 0 Å². The summed E-state index contributed by atoms with van der Waals surface area (Å²) < 4.78 is 0. The molecule has 124 valence electrons. The first kappa shape index (κ1) is 17.2. The van der Waals surface area contributed by atoms with Crippen LogP contribution in [0, 0.1) is 0 Å². The molecule has 0 radical (unpaired) electrons. The van der Waals surface area contributed by atoms with Crippen LogP contribution in [-0.2, 0) is 0 Å². The summed E-state index contributed by atoms with van der Waals surface area (Å²) in [5, 5.41) is 7.92. The van der Waals surface area contributed by atoms with Crippen LogP contribution in [0.25, 0.3) is 0 Å². The van der Waals surface area contributed by atoms with Crippen LogP contribution in [0.3, 0.4) is 0 Å². The lowest BCUT2D eigenvalue weighted by Gasteiger charge is -2.45. The molecule has 0 saturated carbocycles. The molecule has 0 atom stereocenters. The van der Waals surface area contributed by atoms with Gasteiger partial charge in [0.2, 0.25) is 0 Å². The van der Waals surface area contributed by atoms with Crippen LogP contribution in [0.2, 0.25) is 0 Å². The molecule has 2 aliphatic rings. The number of hydrogen-bond acceptors (Lipinski definition) is 0. The zero-order valence-corrected chi connectivity index (χ0v) is 15.7. The first-order valence-corrected chi connectivity index (χ1v) is 8.87. The second-order valence-electron chi connectivity index (χ2n) is 10.8. The Morgan fingerprint density at radius 1 is 0.571 bits per heavy atom. The fourth-order valence-electron chi connectivity index (χ4n) is 5.86. The molecule has 2 aliphatic heterocycles. The Bertz CT molecular complexity index is 314. The molecule has 3 nitrogen and oxygen atoms in total. The summed E-state index contributed by atoms with van der Waals surface area (Å²) in [5.41, 5.74) is 1.53. The van der Waals surface area contributed by atoms with E-state index >= 15 is 0 Å². The highest BCUT2D eigenvalue weighted by molar-refractivity contribution is 4.86. The average molecular weight is 299 g/mol. The number of hydrogen-bond donors (Lipinski definition) is 3. The van der Waals surface area contributed by atoms with Crippen LogP contribution >= 0.6 is 0 Å². The molecule has 0 bridgehead atoms. The highest BCUT2D eigenvalue weighted by atomic mass is 15.1. The molecule has 0 unspecified atom stereocenters. The largest absolute Gasteiger partial charge is 0.341 e. The van der Waals surface area contributed by atoms with Crippen LogP contribution in [-0.4, -0.2) is 34.2 Å². The van der Waals surface area contributed by atoms with Gasteiger partial charge in [0, 0.05) is 0 Å². The second-order valence-corrected chi connectivity index (χ2v) is 10.8. The van der Waals surface area contributed by atoms with E-state index in [-0.39, 0.29) is 0 Å². The van der Waals surface area contributed by atoms with Crippen LogP contribution in [0.4, 0.5) is 0 Å². The average Bonchev–Trinajstić information content (AvgIpc) is 2.04. The van der Waals surface area contributed by atoms with Crippen molar-refractivity contribution in [1.29, 1.82) is 0 Å². The number of quaternary nitrogens is 3. The topological polar surface area (TPSA) is 49.8 Å². The molecular weight excluding hydrogens is 258 g/mol. The lowest BCUT2D eigenvalue weighted by atomic mass is 9.76. The standard InChI is InChI=1S/C18H37N3/c1-15(2)9-13(10-16(3,4)20-15)19-14-11-17(5,6)21-18(7,8)12-14/h13-14,19-21H,9-12H2,1-8H3/p+3. The van der Waals surface area contributed by atoms with Crippen LogP contribution in [0.1, 0.15) is 81.1 Å². The molecule has 0 aromatic rings. The van der Waals surface area contributed by atoms with E-state index in [0.29, 0.717) is 22.2 Å². The molecular formula is C18H40N3+3. The smallest absolute Gasteiger partial charge is 0.0981 e. The predicted molar refractivity (Wildman–Crippen MR) is 88.1 cm³/mol. The van der Waals surface area contributed by atoms with Gasteiger partial charge in [-0.1, -0.05) is 0 Å².